The van der Waals surface area contributed by atoms with Crippen molar-refractivity contribution in [1.82, 2.24) is 0 Å². The molecule has 0 aliphatic rings. The van der Waals surface area contributed by atoms with E-state index in [9.17, 15) is 4.39 Å². The van der Waals surface area contributed by atoms with E-state index in [0.29, 0.717) is 16.0 Å². The Morgan fingerprint density at radius 1 is 1.14 bits per heavy atom. The van der Waals surface area contributed by atoms with Crippen LogP contribution in [0.2, 0.25) is 0 Å². The summed E-state index contributed by atoms with van der Waals surface area (Å²) in [6.45, 7) is 2.07. The number of hydrogen-bond donors (Lipinski definition) is 1. The average Bonchev–Trinajstić information content (AvgIpc) is 2.40. The van der Waals surface area contributed by atoms with Gasteiger partial charge in [-0.1, -0.05) is 44.8 Å². The van der Waals surface area contributed by atoms with Crippen molar-refractivity contribution in [2.24, 2.45) is 5.73 Å². The Bertz CT molecular complexity index is 613. The molecule has 0 aliphatic heterocycles. The summed E-state index contributed by atoms with van der Waals surface area (Å²) in [5.41, 5.74) is 7.11. The Balaban J connectivity index is 2.16. The minimum absolute atomic E-state index is 0.146. The van der Waals surface area contributed by atoms with E-state index in [0.717, 1.165) is 22.9 Å². The van der Waals surface area contributed by atoms with Gasteiger partial charge < -0.3 is 10.5 Å². The number of halogens is 3. The van der Waals surface area contributed by atoms with Crippen LogP contribution in [0.1, 0.15) is 18.9 Å². The lowest BCUT2D eigenvalue weighted by molar-refractivity contribution is 0.475. The Morgan fingerprint density at radius 2 is 1.90 bits per heavy atom. The number of nitrogens with two attached hydrogens (primary N) is 1. The first-order valence-corrected chi connectivity index (χ1v) is 8.24. The van der Waals surface area contributed by atoms with Gasteiger partial charge in [-0.05, 0) is 42.7 Å². The normalized spacial score (nSPS) is 12.2. The van der Waals surface area contributed by atoms with Crippen LogP contribution in [0, 0.1) is 5.82 Å². The summed E-state index contributed by atoms with van der Waals surface area (Å²) in [6.07, 6.45) is 1.74. The van der Waals surface area contributed by atoms with Crippen molar-refractivity contribution in [3.8, 4) is 11.5 Å². The summed E-state index contributed by atoms with van der Waals surface area (Å²) in [5, 5.41) is 0. The topological polar surface area (TPSA) is 35.2 Å². The van der Waals surface area contributed by atoms with Gasteiger partial charge in [0.15, 0.2) is 0 Å². The van der Waals surface area contributed by atoms with Crippen molar-refractivity contribution >= 4 is 31.9 Å². The third-order valence-corrected chi connectivity index (χ3v) is 4.30. The second-order valence-electron chi connectivity index (χ2n) is 4.83. The molecule has 0 fully saturated rings. The quantitative estimate of drug-likeness (QED) is 0.705. The minimum Gasteiger partial charge on any atom is -0.457 e. The molecule has 0 amide bonds. The highest BCUT2D eigenvalue weighted by Gasteiger charge is 2.08. The summed E-state index contributed by atoms with van der Waals surface area (Å²) in [6, 6.07) is 10.3. The van der Waals surface area contributed by atoms with Gasteiger partial charge in [0.25, 0.3) is 0 Å². The van der Waals surface area contributed by atoms with Gasteiger partial charge >= 0.3 is 0 Å². The molecule has 2 nitrogen and oxygen atoms in total. The second kappa shape index (κ2) is 7.38. The number of benzene rings is 2. The first-order chi connectivity index (χ1) is 9.97. The van der Waals surface area contributed by atoms with Crippen LogP contribution in [0.3, 0.4) is 0 Å². The van der Waals surface area contributed by atoms with Gasteiger partial charge in [0.2, 0.25) is 0 Å². The van der Waals surface area contributed by atoms with Crippen LogP contribution in [0.5, 0.6) is 11.5 Å². The predicted octanol–water partition coefficient (Wildman–Crippen LogP) is 5.42. The number of rotatable bonds is 5. The van der Waals surface area contributed by atoms with Gasteiger partial charge in [-0.15, -0.1) is 0 Å². The van der Waals surface area contributed by atoms with Gasteiger partial charge in [0.05, 0.1) is 0 Å². The Morgan fingerprint density at radius 3 is 2.52 bits per heavy atom. The zero-order chi connectivity index (χ0) is 15.4. The van der Waals surface area contributed by atoms with Crippen molar-refractivity contribution < 1.29 is 9.13 Å². The minimum atomic E-state index is -0.344. The number of hydrogen-bond acceptors (Lipinski definition) is 2. The summed E-state index contributed by atoms with van der Waals surface area (Å²) in [7, 11) is 0. The van der Waals surface area contributed by atoms with Crippen LogP contribution in [0.4, 0.5) is 4.39 Å². The molecular weight excluding hydrogens is 401 g/mol. The van der Waals surface area contributed by atoms with E-state index in [1.54, 1.807) is 6.07 Å². The molecule has 2 aromatic rings. The van der Waals surface area contributed by atoms with E-state index >= 15 is 0 Å². The van der Waals surface area contributed by atoms with Crippen LogP contribution in [0.15, 0.2) is 45.3 Å². The lowest BCUT2D eigenvalue weighted by Crippen LogP contribution is -2.21. The molecule has 0 saturated carbocycles. The molecule has 0 radical (unpaired) electrons. The molecule has 0 aliphatic carbocycles. The first-order valence-electron chi connectivity index (χ1n) is 6.66. The molecule has 2 rings (SSSR count). The van der Waals surface area contributed by atoms with Gasteiger partial charge in [0.1, 0.15) is 17.3 Å². The monoisotopic (exact) mass is 415 g/mol. The third kappa shape index (κ3) is 4.80. The van der Waals surface area contributed by atoms with E-state index in [4.69, 9.17) is 10.5 Å². The molecule has 1 atom stereocenters. The van der Waals surface area contributed by atoms with Crippen molar-refractivity contribution in [3.05, 3.63) is 56.7 Å². The fourth-order valence-electron chi connectivity index (χ4n) is 1.91. The Labute approximate surface area is 140 Å². The zero-order valence-corrected chi connectivity index (χ0v) is 14.7. The smallest absolute Gasteiger partial charge is 0.131 e. The van der Waals surface area contributed by atoms with Crippen molar-refractivity contribution in [2.75, 3.05) is 0 Å². The van der Waals surface area contributed by atoms with E-state index in [1.807, 2.05) is 18.2 Å². The molecule has 21 heavy (non-hydrogen) atoms. The van der Waals surface area contributed by atoms with Crippen molar-refractivity contribution in [3.63, 3.8) is 0 Å². The van der Waals surface area contributed by atoms with E-state index < -0.39 is 0 Å². The van der Waals surface area contributed by atoms with Crippen LogP contribution < -0.4 is 10.5 Å². The molecule has 0 spiro atoms. The number of ether oxygens (including phenoxy) is 1. The van der Waals surface area contributed by atoms with E-state index in [-0.39, 0.29) is 11.9 Å². The molecule has 2 N–H and O–H groups in total. The van der Waals surface area contributed by atoms with E-state index in [1.165, 1.54) is 12.1 Å². The van der Waals surface area contributed by atoms with Gasteiger partial charge in [-0.2, -0.15) is 0 Å². The van der Waals surface area contributed by atoms with Crippen molar-refractivity contribution in [2.45, 2.75) is 25.8 Å². The molecule has 0 aromatic heterocycles. The highest BCUT2D eigenvalue weighted by atomic mass is 79.9. The average molecular weight is 417 g/mol. The third-order valence-electron chi connectivity index (χ3n) is 3.10. The maximum atomic E-state index is 13.3. The first kappa shape index (κ1) is 16.5. The largest absolute Gasteiger partial charge is 0.457 e. The zero-order valence-electron chi connectivity index (χ0n) is 11.6. The van der Waals surface area contributed by atoms with Crippen LogP contribution in [-0.2, 0) is 6.42 Å². The molecule has 2 aromatic carbocycles. The SMILES string of the molecule is CCC(N)Cc1ccc(Oc2cc(F)cc(Br)c2)cc1Br. The van der Waals surface area contributed by atoms with Gasteiger partial charge in [-0.25, -0.2) is 4.39 Å². The Hall–Kier alpha value is -0.910. The molecule has 112 valence electrons. The second-order valence-corrected chi connectivity index (χ2v) is 6.60. The standard InChI is InChI=1S/C16H16Br2FNO/c1-2-13(20)5-10-3-4-14(9-16(10)18)21-15-7-11(17)6-12(19)8-15/h3-4,6-9,13H,2,5,20H2,1H3. The highest BCUT2D eigenvalue weighted by Crippen LogP contribution is 2.29. The van der Waals surface area contributed by atoms with Crippen LogP contribution in [-0.4, -0.2) is 6.04 Å². The Kier molecular flexibility index (Phi) is 5.79. The van der Waals surface area contributed by atoms with Crippen LogP contribution >= 0.6 is 31.9 Å². The molecular formula is C16H16Br2FNO. The fourth-order valence-corrected chi connectivity index (χ4v) is 2.87. The maximum absolute atomic E-state index is 13.3. The highest BCUT2D eigenvalue weighted by molar-refractivity contribution is 9.10. The molecule has 0 bridgehead atoms. The summed E-state index contributed by atoms with van der Waals surface area (Å²) in [5.74, 6) is 0.754. The van der Waals surface area contributed by atoms with Gasteiger partial charge in [-0.3, -0.25) is 0 Å². The lowest BCUT2D eigenvalue weighted by Gasteiger charge is -2.12. The van der Waals surface area contributed by atoms with Crippen molar-refractivity contribution in [1.29, 1.82) is 0 Å². The molecule has 1 unspecified atom stereocenters. The van der Waals surface area contributed by atoms with Gasteiger partial charge in [0, 0.05) is 21.1 Å². The molecule has 0 saturated heterocycles. The summed E-state index contributed by atoms with van der Waals surface area (Å²) < 4.78 is 20.6. The summed E-state index contributed by atoms with van der Waals surface area (Å²) >= 11 is 6.77. The fraction of sp³-hybridized carbons (Fsp3) is 0.250. The van der Waals surface area contributed by atoms with E-state index in [2.05, 4.69) is 38.8 Å². The van der Waals surface area contributed by atoms with Crippen LogP contribution in [0.25, 0.3) is 0 Å². The lowest BCUT2D eigenvalue weighted by atomic mass is 10.0. The summed E-state index contributed by atoms with van der Waals surface area (Å²) in [4.78, 5) is 0. The molecule has 0 heterocycles. The molecule has 5 heteroatoms. The predicted molar refractivity (Wildman–Crippen MR) is 90.3 cm³/mol. The maximum Gasteiger partial charge on any atom is 0.131 e.